The van der Waals surface area contributed by atoms with Crippen molar-refractivity contribution in [3.63, 3.8) is 0 Å². The standard InChI is InChI=1S/C6H10O7S/c7-1-2(8)4(10)6(12)5(11,3(1)9)14(6)13/h1-4,7-12H/t1-,2-,3-,4+,5-,6+,14?/m1/s1. The van der Waals surface area contributed by atoms with Gasteiger partial charge in [0.25, 0.3) is 0 Å². The maximum atomic E-state index is 11.1. The quantitative estimate of drug-likeness (QED) is 0.229. The van der Waals surface area contributed by atoms with Crippen LogP contribution in [0.3, 0.4) is 0 Å². The number of hydrogen-bond acceptors (Lipinski definition) is 7. The third-order valence-corrected chi connectivity index (χ3v) is 4.87. The van der Waals surface area contributed by atoms with Gasteiger partial charge in [0, 0.05) is 0 Å². The molecule has 82 valence electrons. The fourth-order valence-electron chi connectivity index (χ4n) is 1.79. The Kier molecular flexibility index (Phi) is 1.88. The van der Waals surface area contributed by atoms with E-state index in [0.29, 0.717) is 0 Å². The van der Waals surface area contributed by atoms with Crippen molar-refractivity contribution in [1.29, 1.82) is 0 Å². The van der Waals surface area contributed by atoms with E-state index in [9.17, 15) is 24.6 Å². The molecule has 0 aromatic heterocycles. The molecule has 1 unspecified atom stereocenters. The third-order valence-electron chi connectivity index (χ3n) is 2.84. The normalized spacial score (nSPS) is 67.4. The van der Waals surface area contributed by atoms with E-state index in [2.05, 4.69) is 0 Å². The molecule has 14 heavy (non-hydrogen) atoms. The molecular formula is C6H10O7S. The highest BCUT2D eigenvalue weighted by Crippen LogP contribution is 2.57. The molecule has 0 spiro atoms. The highest BCUT2D eigenvalue weighted by atomic mass is 32.2. The topological polar surface area (TPSA) is 138 Å². The first kappa shape index (κ1) is 10.4. The van der Waals surface area contributed by atoms with Gasteiger partial charge in [-0.1, -0.05) is 0 Å². The first-order valence-electron chi connectivity index (χ1n) is 3.88. The van der Waals surface area contributed by atoms with Gasteiger partial charge in [-0.2, -0.15) is 0 Å². The summed E-state index contributed by atoms with van der Waals surface area (Å²) in [7, 11) is -2.32. The van der Waals surface area contributed by atoms with Gasteiger partial charge in [0.2, 0.25) is 9.87 Å². The molecule has 0 amide bonds. The van der Waals surface area contributed by atoms with E-state index >= 15 is 0 Å². The molecule has 1 aliphatic carbocycles. The van der Waals surface area contributed by atoms with Gasteiger partial charge < -0.3 is 30.6 Å². The Balaban J connectivity index is 2.44. The second kappa shape index (κ2) is 2.53. The molecule has 2 fully saturated rings. The Hall–Kier alpha value is -0.0900. The molecule has 0 bridgehead atoms. The van der Waals surface area contributed by atoms with Crippen LogP contribution < -0.4 is 0 Å². The van der Waals surface area contributed by atoms with Crippen LogP contribution in [0.1, 0.15) is 0 Å². The summed E-state index contributed by atoms with van der Waals surface area (Å²) in [5, 5.41) is 55.7. The Morgan fingerprint density at radius 3 is 1.43 bits per heavy atom. The average molecular weight is 226 g/mol. The van der Waals surface area contributed by atoms with Crippen molar-refractivity contribution in [3.8, 4) is 0 Å². The monoisotopic (exact) mass is 226 g/mol. The molecule has 0 aromatic carbocycles. The molecule has 1 aliphatic heterocycles. The first-order valence-corrected chi connectivity index (χ1v) is 5.03. The van der Waals surface area contributed by atoms with Gasteiger partial charge in [0.1, 0.15) is 24.4 Å². The molecule has 0 radical (unpaired) electrons. The summed E-state index contributed by atoms with van der Waals surface area (Å²) in [5.74, 6) is 0. The summed E-state index contributed by atoms with van der Waals surface area (Å²) in [6.07, 6.45) is -7.60. The van der Waals surface area contributed by atoms with Gasteiger partial charge in [0.05, 0.1) is 10.8 Å². The van der Waals surface area contributed by atoms with Crippen LogP contribution >= 0.6 is 0 Å². The lowest BCUT2D eigenvalue weighted by Gasteiger charge is -2.36. The second-order valence-electron chi connectivity index (χ2n) is 3.53. The van der Waals surface area contributed by atoms with Crippen LogP contribution in [0.4, 0.5) is 0 Å². The van der Waals surface area contributed by atoms with Gasteiger partial charge in [0.15, 0.2) is 0 Å². The Morgan fingerprint density at radius 1 is 0.857 bits per heavy atom. The van der Waals surface area contributed by atoms with Crippen LogP contribution in [-0.4, -0.2) is 69.1 Å². The van der Waals surface area contributed by atoms with Gasteiger partial charge in [-0.05, 0) is 0 Å². The van der Waals surface area contributed by atoms with Crippen LogP contribution in [0.25, 0.3) is 0 Å². The van der Waals surface area contributed by atoms with Crippen molar-refractivity contribution in [2.45, 2.75) is 34.3 Å². The SMILES string of the molecule is O=S1[C@]2(O)[C@H](O)[C@H](O)[C@@H](O)[C@H](O)[C@]12O. The van der Waals surface area contributed by atoms with E-state index < -0.39 is 45.1 Å². The Labute approximate surface area is 80.7 Å². The molecule has 2 aliphatic rings. The lowest BCUT2D eigenvalue weighted by atomic mass is 9.85. The second-order valence-corrected chi connectivity index (χ2v) is 5.31. The van der Waals surface area contributed by atoms with Crippen molar-refractivity contribution >= 4 is 10.8 Å². The van der Waals surface area contributed by atoms with E-state index in [1.54, 1.807) is 0 Å². The molecule has 1 heterocycles. The zero-order valence-corrected chi connectivity index (χ0v) is 7.63. The maximum absolute atomic E-state index is 11.1. The molecule has 1 saturated heterocycles. The van der Waals surface area contributed by atoms with Gasteiger partial charge in [-0.25, -0.2) is 0 Å². The third kappa shape index (κ3) is 0.770. The van der Waals surface area contributed by atoms with Crippen molar-refractivity contribution in [3.05, 3.63) is 0 Å². The van der Waals surface area contributed by atoms with E-state index in [-0.39, 0.29) is 0 Å². The highest BCUT2D eigenvalue weighted by molar-refractivity contribution is 7.95. The highest BCUT2D eigenvalue weighted by Gasteiger charge is 2.87. The summed E-state index contributed by atoms with van der Waals surface area (Å²) < 4.78 is 11.1. The zero-order chi connectivity index (χ0) is 10.9. The van der Waals surface area contributed by atoms with Crippen molar-refractivity contribution < 1.29 is 34.8 Å². The smallest absolute Gasteiger partial charge is 0.215 e. The number of fused-ring (bicyclic) bond motifs is 1. The Bertz CT molecular complexity index is 281. The largest absolute Gasteiger partial charge is 0.387 e. The lowest BCUT2D eigenvalue weighted by molar-refractivity contribution is -0.223. The number of aliphatic hydroxyl groups excluding tert-OH is 4. The van der Waals surface area contributed by atoms with Crippen molar-refractivity contribution in [1.82, 2.24) is 0 Å². The minimum atomic E-state index is -2.45. The summed E-state index contributed by atoms with van der Waals surface area (Å²) in [6.45, 7) is 0. The molecular weight excluding hydrogens is 216 g/mol. The van der Waals surface area contributed by atoms with E-state index in [1.807, 2.05) is 0 Å². The predicted octanol–water partition coefficient (Wildman–Crippen LogP) is -4.42. The summed E-state index contributed by atoms with van der Waals surface area (Å²) in [6, 6.07) is 0. The minimum absolute atomic E-state index is 1.85. The number of rotatable bonds is 0. The molecule has 6 N–H and O–H groups in total. The van der Waals surface area contributed by atoms with Gasteiger partial charge in [-0.15, -0.1) is 0 Å². The predicted molar refractivity (Wildman–Crippen MR) is 42.1 cm³/mol. The molecule has 1 saturated carbocycles. The van der Waals surface area contributed by atoms with Gasteiger partial charge in [-0.3, -0.25) is 4.21 Å². The maximum Gasteiger partial charge on any atom is 0.215 e. The lowest BCUT2D eigenvalue weighted by Crippen LogP contribution is -2.63. The summed E-state index contributed by atoms with van der Waals surface area (Å²) in [4.78, 5) is -4.91. The van der Waals surface area contributed by atoms with Crippen LogP contribution in [0.5, 0.6) is 0 Å². The molecule has 7 atom stereocenters. The van der Waals surface area contributed by atoms with Gasteiger partial charge >= 0.3 is 0 Å². The number of hydrogen-bond donors (Lipinski definition) is 6. The summed E-state index contributed by atoms with van der Waals surface area (Å²) >= 11 is 0. The van der Waals surface area contributed by atoms with Crippen LogP contribution in [0, 0.1) is 0 Å². The molecule has 8 heteroatoms. The minimum Gasteiger partial charge on any atom is -0.387 e. The zero-order valence-electron chi connectivity index (χ0n) is 6.81. The fraction of sp³-hybridized carbons (Fsp3) is 1.00. The van der Waals surface area contributed by atoms with Crippen LogP contribution in [0.2, 0.25) is 0 Å². The number of aliphatic hydroxyl groups is 6. The van der Waals surface area contributed by atoms with Crippen LogP contribution in [-0.2, 0) is 10.8 Å². The average Bonchev–Trinajstić information content (AvgIpc) is 2.61. The fourth-order valence-corrected chi connectivity index (χ4v) is 3.48. The van der Waals surface area contributed by atoms with E-state index in [4.69, 9.17) is 10.2 Å². The summed E-state index contributed by atoms with van der Waals surface area (Å²) in [5.41, 5.74) is 0. The Morgan fingerprint density at radius 2 is 1.14 bits per heavy atom. The van der Waals surface area contributed by atoms with Crippen LogP contribution in [0.15, 0.2) is 0 Å². The van der Waals surface area contributed by atoms with Crippen molar-refractivity contribution in [2.75, 3.05) is 0 Å². The first-order chi connectivity index (χ1) is 6.29. The van der Waals surface area contributed by atoms with E-state index in [1.165, 1.54) is 0 Å². The molecule has 7 nitrogen and oxygen atoms in total. The van der Waals surface area contributed by atoms with Crippen molar-refractivity contribution in [2.24, 2.45) is 0 Å². The van der Waals surface area contributed by atoms with E-state index in [0.717, 1.165) is 0 Å². The molecule has 2 rings (SSSR count). The molecule has 0 aromatic rings.